The molecule has 0 saturated heterocycles. The molecule has 0 radical (unpaired) electrons. The first-order chi connectivity index (χ1) is 10.2. The third-order valence-corrected chi connectivity index (χ3v) is 4.04. The van der Waals surface area contributed by atoms with E-state index in [2.05, 4.69) is 45.5 Å². The van der Waals surface area contributed by atoms with Gasteiger partial charge in [-0.05, 0) is 37.5 Å². The zero-order valence-corrected chi connectivity index (χ0v) is 13.5. The van der Waals surface area contributed by atoms with E-state index in [-0.39, 0.29) is 0 Å². The maximum Gasteiger partial charge on any atom is 0.191 e. The fourth-order valence-corrected chi connectivity index (χ4v) is 2.69. The summed E-state index contributed by atoms with van der Waals surface area (Å²) in [6, 6.07) is 2.06. The second-order valence-electron chi connectivity index (χ2n) is 4.77. The van der Waals surface area contributed by atoms with E-state index in [4.69, 9.17) is 0 Å². The number of pyridine rings is 1. The number of aliphatic imine (C=N–C) groups is 1. The predicted molar refractivity (Wildman–Crippen MR) is 87.7 cm³/mol. The number of rotatable bonds is 5. The SMILES string of the molecule is CN=C(NCCc1ccncc1C)NCc1ncc(C)s1. The van der Waals surface area contributed by atoms with Crippen molar-refractivity contribution in [2.24, 2.45) is 4.99 Å². The second kappa shape index (κ2) is 7.73. The highest BCUT2D eigenvalue weighted by Gasteiger charge is 2.02. The topological polar surface area (TPSA) is 62.2 Å². The van der Waals surface area contributed by atoms with Gasteiger partial charge in [0.2, 0.25) is 0 Å². The number of guanidine groups is 1. The van der Waals surface area contributed by atoms with Crippen molar-refractivity contribution >= 4 is 17.3 Å². The number of nitrogens with one attached hydrogen (secondary N) is 2. The number of nitrogens with zero attached hydrogens (tertiary/aromatic N) is 3. The first-order valence-corrected chi connectivity index (χ1v) is 7.76. The molecule has 21 heavy (non-hydrogen) atoms. The van der Waals surface area contributed by atoms with Gasteiger partial charge in [0.25, 0.3) is 0 Å². The molecule has 0 spiro atoms. The van der Waals surface area contributed by atoms with Gasteiger partial charge in [0.15, 0.2) is 5.96 Å². The minimum atomic E-state index is 0.701. The van der Waals surface area contributed by atoms with E-state index in [1.165, 1.54) is 16.0 Å². The summed E-state index contributed by atoms with van der Waals surface area (Å²) in [6.07, 6.45) is 6.57. The number of hydrogen-bond donors (Lipinski definition) is 2. The van der Waals surface area contributed by atoms with E-state index >= 15 is 0 Å². The molecule has 0 bridgehead atoms. The monoisotopic (exact) mass is 303 g/mol. The maximum atomic E-state index is 4.33. The molecule has 0 unspecified atom stereocenters. The highest BCUT2D eigenvalue weighted by Crippen LogP contribution is 2.10. The summed E-state index contributed by atoms with van der Waals surface area (Å²) in [6.45, 7) is 5.68. The van der Waals surface area contributed by atoms with Gasteiger partial charge in [-0.3, -0.25) is 9.98 Å². The van der Waals surface area contributed by atoms with Crippen molar-refractivity contribution in [1.82, 2.24) is 20.6 Å². The lowest BCUT2D eigenvalue weighted by molar-refractivity contribution is 0.789. The molecule has 2 aromatic rings. The molecule has 0 aliphatic heterocycles. The minimum Gasteiger partial charge on any atom is -0.356 e. The molecule has 6 heteroatoms. The Balaban J connectivity index is 1.77. The van der Waals surface area contributed by atoms with Gasteiger partial charge in [0.1, 0.15) is 5.01 Å². The minimum absolute atomic E-state index is 0.701. The molecule has 112 valence electrons. The molecule has 2 aromatic heterocycles. The Morgan fingerprint density at radius 1 is 1.29 bits per heavy atom. The van der Waals surface area contributed by atoms with E-state index in [9.17, 15) is 0 Å². The first kappa shape index (κ1) is 15.4. The van der Waals surface area contributed by atoms with E-state index < -0.39 is 0 Å². The molecule has 0 saturated carbocycles. The van der Waals surface area contributed by atoms with Crippen LogP contribution in [0.2, 0.25) is 0 Å². The molecule has 0 atom stereocenters. The van der Waals surface area contributed by atoms with E-state index in [1.54, 1.807) is 18.4 Å². The van der Waals surface area contributed by atoms with E-state index in [0.29, 0.717) is 6.54 Å². The summed E-state index contributed by atoms with van der Waals surface area (Å²) in [5.41, 5.74) is 2.53. The molecule has 0 aliphatic rings. The van der Waals surface area contributed by atoms with Gasteiger partial charge >= 0.3 is 0 Å². The molecule has 0 amide bonds. The number of aromatic nitrogens is 2. The summed E-state index contributed by atoms with van der Waals surface area (Å²) < 4.78 is 0. The third kappa shape index (κ3) is 4.82. The van der Waals surface area contributed by atoms with Crippen LogP contribution in [-0.4, -0.2) is 29.5 Å². The summed E-state index contributed by atoms with van der Waals surface area (Å²) in [7, 11) is 1.78. The quantitative estimate of drug-likeness (QED) is 0.655. The van der Waals surface area contributed by atoms with Crippen molar-refractivity contribution in [3.05, 3.63) is 45.7 Å². The molecular formula is C15H21N5S. The van der Waals surface area contributed by atoms with Crippen molar-refractivity contribution in [2.45, 2.75) is 26.8 Å². The van der Waals surface area contributed by atoms with Crippen LogP contribution in [0.5, 0.6) is 0 Å². The summed E-state index contributed by atoms with van der Waals surface area (Å²) in [5, 5.41) is 7.66. The number of hydrogen-bond acceptors (Lipinski definition) is 4. The molecule has 5 nitrogen and oxygen atoms in total. The maximum absolute atomic E-state index is 4.33. The fourth-order valence-electron chi connectivity index (χ4n) is 1.96. The molecule has 0 aromatic carbocycles. The molecule has 2 rings (SSSR count). The molecule has 0 aliphatic carbocycles. The van der Waals surface area contributed by atoms with Crippen LogP contribution in [0.4, 0.5) is 0 Å². The Morgan fingerprint density at radius 3 is 2.81 bits per heavy atom. The van der Waals surface area contributed by atoms with Crippen LogP contribution in [0.3, 0.4) is 0 Å². The first-order valence-electron chi connectivity index (χ1n) is 6.94. The summed E-state index contributed by atoms with van der Waals surface area (Å²) in [5.74, 6) is 0.801. The average molecular weight is 303 g/mol. The van der Waals surface area contributed by atoms with Gasteiger partial charge < -0.3 is 10.6 Å². The van der Waals surface area contributed by atoms with Gasteiger partial charge in [-0.2, -0.15) is 0 Å². The Labute approximate surface area is 129 Å². The van der Waals surface area contributed by atoms with E-state index in [1.807, 2.05) is 18.6 Å². The van der Waals surface area contributed by atoms with Crippen molar-refractivity contribution in [2.75, 3.05) is 13.6 Å². The number of thiazole rings is 1. The standard InChI is InChI=1S/C15H21N5S/c1-11-8-17-6-4-13(11)5-7-18-15(16-3)20-10-14-19-9-12(2)21-14/h4,6,8-9H,5,7,10H2,1-3H3,(H2,16,18,20). The van der Waals surface area contributed by atoms with Crippen LogP contribution in [0.1, 0.15) is 21.0 Å². The normalized spacial score (nSPS) is 11.5. The van der Waals surface area contributed by atoms with Crippen LogP contribution in [0.25, 0.3) is 0 Å². The number of aryl methyl sites for hydroxylation is 2. The second-order valence-corrected chi connectivity index (χ2v) is 6.09. The van der Waals surface area contributed by atoms with Gasteiger partial charge in [-0.1, -0.05) is 0 Å². The lowest BCUT2D eigenvalue weighted by atomic mass is 10.1. The Hall–Kier alpha value is -1.95. The fraction of sp³-hybridized carbons (Fsp3) is 0.400. The summed E-state index contributed by atoms with van der Waals surface area (Å²) in [4.78, 5) is 13.9. The summed E-state index contributed by atoms with van der Waals surface area (Å²) >= 11 is 1.70. The van der Waals surface area contributed by atoms with Crippen molar-refractivity contribution in [3.63, 3.8) is 0 Å². The highest BCUT2D eigenvalue weighted by molar-refractivity contribution is 7.11. The Morgan fingerprint density at radius 2 is 2.14 bits per heavy atom. The smallest absolute Gasteiger partial charge is 0.191 e. The van der Waals surface area contributed by atoms with Crippen LogP contribution in [0.15, 0.2) is 29.6 Å². The van der Waals surface area contributed by atoms with Crippen molar-refractivity contribution < 1.29 is 0 Å². The van der Waals surface area contributed by atoms with Crippen LogP contribution in [0, 0.1) is 13.8 Å². The van der Waals surface area contributed by atoms with Gasteiger partial charge in [0.05, 0.1) is 6.54 Å². The highest BCUT2D eigenvalue weighted by atomic mass is 32.1. The zero-order valence-electron chi connectivity index (χ0n) is 12.7. The molecule has 0 fully saturated rings. The van der Waals surface area contributed by atoms with E-state index in [0.717, 1.165) is 23.9 Å². The van der Waals surface area contributed by atoms with Crippen molar-refractivity contribution in [3.8, 4) is 0 Å². The van der Waals surface area contributed by atoms with Crippen LogP contribution < -0.4 is 10.6 Å². The molecule has 2 heterocycles. The lowest BCUT2D eigenvalue weighted by Crippen LogP contribution is -2.37. The van der Waals surface area contributed by atoms with Gasteiger partial charge in [0, 0.05) is 37.1 Å². The zero-order chi connectivity index (χ0) is 15.1. The molecule has 2 N–H and O–H groups in total. The van der Waals surface area contributed by atoms with Gasteiger partial charge in [-0.15, -0.1) is 11.3 Å². The van der Waals surface area contributed by atoms with Crippen LogP contribution in [-0.2, 0) is 13.0 Å². The van der Waals surface area contributed by atoms with Crippen molar-refractivity contribution in [1.29, 1.82) is 0 Å². The average Bonchev–Trinajstić information content (AvgIpc) is 2.90. The largest absolute Gasteiger partial charge is 0.356 e. The Kier molecular flexibility index (Phi) is 5.68. The Bertz CT molecular complexity index is 606. The molecular weight excluding hydrogens is 282 g/mol. The predicted octanol–water partition coefficient (Wildman–Crippen LogP) is 2.06. The van der Waals surface area contributed by atoms with Gasteiger partial charge in [-0.25, -0.2) is 4.98 Å². The lowest BCUT2D eigenvalue weighted by Gasteiger charge is -2.11. The van der Waals surface area contributed by atoms with Crippen LogP contribution >= 0.6 is 11.3 Å². The third-order valence-electron chi connectivity index (χ3n) is 3.12.